The summed E-state index contributed by atoms with van der Waals surface area (Å²) in [4.78, 5) is 10.7. The van der Waals surface area contributed by atoms with Gasteiger partial charge < -0.3 is 10.8 Å². The van der Waals surface area contributed by atoms with Crippen LogP contribution in [0.5, 0.6) is 0 Å². The van der Waals surface area contributed by atoms with Crippen LogP contribution in [0, 0.1) is 11.8 Å². The van der Waals surface area contributed by atoms with E-state index in [1.54, 1.807) is 0 Å². The molecule has 70 valence electrons. The predicted octanol–water partition coefficient (Wildman–Crippen LogP) is 1.22. The summed E-state index contributed by atoms with van der Waals surface area (Å²) in [6, 6.07) is 0.146. The van der Waals surface area contributed by atoms with Gasteiger partial charge in [0, 0.05) is 6.04 Å². The van der Waals surface area contributed by atoms with Crippen LogP contribution in [0.25, 0.3) is 0 Å². The van der Waals surface area contributed by atoms with E-state index >= 15 is 0 Å². The Balaban J connectivity index is 2.46. The number of carboxylic acids is 1. The van der Waals surface area contributed by atoms with Gasteiger partial charge in [0.05, 0.1) is 5.92 Å². The highest BCUT2D eigenvalue weighted by Gasteiger charge is 2.28. The number of rotatable bonds is 2. The van der Waals surface area contributed by atoms with Gasteiger partial charge in [-0.1, -0.05) is 6.42 Å². The maximum absolute atomic E-state index is 10.7. The fourth-order valence-corrected chi connectivity index (χ4v) is 1.93. The van der Waals surface area contributed by atoms with E-state index < -0.39 is 5.97 Å². The van der Waals surface area contributed by atoms with Crippen LogP contribution in [0.1, 0.15) is 32.6 Å². The summed E-state index contributed by atoms with van der Waals surface area (Å²) in [7, 11) is 0. The minimum absolute atomic E-state index is 0.144. The van der Waals surface area contributed by atoms with Crippen LogP contribution in [0.15, 0.2) is 0 Å². The SMILES string of the molecule is CC(N)[C@H]1CCC[C@@H](C(=O)O)C1. The van der Waals surface area contributed by atoms with E-state index in [0.717, 1.165) is 25.7 Å². The molecule has 1 unspecified atom stereocenters. The van der Waals surface area contributed by atoms with Crippen molar-refractivity contribution in [3.05, 3.63) is 0 Å². The van der Waals surface area contributed by atoms with Gasteiger partial charge in [-0.2, -0.15) is 0 Å². The molecule has 0 bridgehead atoms. The van der Waals surface area contributed by atoms with E-state index in [9.17, 15) is 4.79 Å². The molecule has 0 aromatic carbocycles. The van der Waals surface area contributed by atoms with Crippen molar-refractivity contribution in [3.63, 3.8) is 0 Å². The topological polar surface area (TPSA) is 63.3 Å². The molecule has 1 saturated carbocycles. The Kier molecular flexibility index (Phi) is 3.09. The molecule has 1 fully saturated rings. The largest absolute Gasteiger partial charge is 0.481 e. The average Bonchev–Trinajstić information content (AvgIpc) is 2.04. The molecule has 1 aliphatic carbocycles. The van der Waals surface area contributed by atoms with E-state index in [2.05, 4.69) is 0 Å². The van der Waals surface area contributed by atoms with Gasteiger partial charge in [0.25, 0.3) is 0 Å². The summed E-state index contributed by atoms with van der Waals surface area (Å²) in [6.45, 7) is 1.97. The summed E-state index contributed by atoms with van der Waals surface area (Å²) in [5.41, 5.74) is 5.74. The zero-order valence-electron chi connectivity index (χ0n) is 7.49. The molecule has 0 aliphatic heterocycles. The van der Waals surface area contributed by atoms with Crippen LogP contribution in [-0.2, 0) is 4.79 Å². The van der Waals surface area contributed by atoms with Crippen molar-refractivity contribution in [3.8, 4) is 0 Å². The highest BCUT2D eigenvalue weighted by Crippen LogP contribution is 2.30. The summed E-state index contributed by atoms with van der Waals surface area (Å²) in [5.74, 6) is -0.380. The molecule has 0 radical (unpaired) electrons. The van der Waals surface area contributed by atoms with Crippen LogP contribution < -0.4 is 5.73 Å². The fourth-order valence-electron chi connectivity index (χ4n) is 1.93. The standard InChI is InChI=1S/C9H17NO2/c1-6(10)7-3-2-4-8(5-7)9(11)12/h6-8H,2-5,10H2,1H3,(H,11,12)/t6?,7-,8+/m0/s1. The third kappa shape index (κ3) is 2.21. The summed E-state index contributed by atoms with van der Waals surface area (Å²) < 4.78 is 0. The average molecular weight is 171 g/mol. The smallest absolute Gasteiger partial charge is 0.306 e. The zero-order valence-corrected chi connectivity index (χ0v) is 7.49. The van der Waals surface area contributed by atoms with Gasteiger partial charge in [0.15, 0.2) is 0 Å². The second-order valence-electron chi connectivity index (χ2n) is 3.82. The van der Waals surface area contributed by atoms with Crippen molar-refractivity contribution in [2.45, 2.75) is 38.6 Å². The first-order valence-electron chi connectivity index (χ1n) is 4.59. The number of hydrogen-bond donors (Lipinski definition) is 2. The molecule has 3 N–H and O–H groups in total. The van der Waals surface area contributed by atoms with Crippen LogP contribution in [0.4, 0.5) is 0 Å². The molecule has 3 atom stereocenters. The van der Waals surface area contributed by atoms with Gasteiger partial charge in [0.2, 0.25) is 0 Å². The van der Waals surface area contributed by atoms with Gasteiger partial charge in [-0.25, -0.2) is 0 Å². The van der Waals surface area contributed by atoms with Crippen molar-refractivity contribution in [2.75, 3.05) is 0 Å². The normalized spacial score (nSPS) is 32.8. The zero-order chi connectivity index (χ0) is 9.14. The second kappa shape index (κ2) is 3.90. The Morgan fingerprint density at radius 1 is 1.58 bits per heavy atom. The third-order valence-corrected chi connectivity index (χ3v) is 2.81. The van der Waals surface area contributed by atoms with Crippen LogP contribution in [0.3, 0.4) is 0 Å². The van der Waals surface area contributed by atoms with Crippen molar-refractivity contribution in [1.82, 2.24) is 0 Å². The third-order valence-electron chi connectivity index (χ3n) is 2.81. The lowest BCUT2D eigenvalue weighted by atomic mass is 9.78. The van der Waals surface area contributed by atoms with Crippen LogP contribution in [-0.4, -0.2) is 17.1 Å². The predicted molar refractivity (Wildman–Crippen MR) is 46.7 cm³/mol. The van der Waals surface area contributed by atoms with Gasteiger partial charge in [0.1, 0.15) is 0 Å². The molecule has 0 heterocycles. The molecular weight excluding hydrogens is 154 g/mol. The Bertz CT molecular complexity index is 168. The lowest BCUT2D eigenvalue weighted by Crippen LogP contribution is -2.33. The lowest BCUT2D eigenvalue weighted by Gasteiger charge is -2.28. The van der Waals surface area contributed by atoms with E-state index in [-0.39, 0.29) is 12.0 Å². The number of carboxylic acid groups (broad SMARTS) is 1. The molecule has 1 rings (SSSR count). The van der Waals surface area contributed by atoms with Crippen LogP contribution >= 0.6 is 0 Å². The van der Waals surface area contributed by atoms with E-state index in [0.29, 0.717) is 5.92 Å². The van der Waals surface area contributed by atoms with Gasteiger partial charge in [-0.05, 0) is 32.1 Å². The Morgan fingerprint density at radius 3 is 2.75 bits per heavy atom. The van der Waals surface area contributed by atoms with Gasteiger partial charge in [-0.15, -0.1) is 0 Å². The lowest BCUT2D eigenvalue weighted by molar-refractivity contribution is -0.143. The number of hydrogen-bond acceptors (Lipinski definition) is 2. The number of nitrogens with two attached hydrogens (primary N) is 1. The molecule has 3 nitrogen and oxygen atoms in total. The maximum Gasteiger partial charge on any atom is 0.306 e. The molecule has 0 aromatic rings. The van der Waals surface area contributed by atoms with E-state index in [4.69, 9.17) is 10.8 Å². The number of aliphatic carboxylic acids is 1. The quantitative estimate of drug-likeness (QED) is 0.656. The molecule has 12 heavy (non-hydrogen) atoms. The highest BCUT2D eigenvalue weighted by molar-refractivity contribution is 5.70. The minimum Gasteiger partial charge on any atom is -0.481 e. The van der Waals surface area contributed by atoms with E-state index in [1.165, 1.54) is 0 Å². The fraction of sp³-hybridized carbons (Fsp3) is 0.889. The first kappa shape index (κ1) is 9.52. The Morgan fingerprint density at radius 2 is 2.25 bits per heavy atom. The summed E-state index contributed by atoms with van der Waals surface area (Å²) in [6.07, 6.45) is 3.72. The van der Waals surface area contributed by atoms with Crippen molar-refractivity contribution in [1.29, 1.82) is 0 Å². The first-order chi connectivity index (χ1) is 5.61. The van der Waals surface area contributed by atoms with Crippen molar-refractivity contribution < 1.29 is 9.90 Å². The van der Waals surface area contributed by atoms with Crippen LogP contribution in [0.2, 0.25) is 0 Å². The number of carbonyl (C=O) groups is 1. The monoisotopic (exact) mass is 171 g/mol. The van der Waals surface area contributed by atoms with Crippen molar-refractivity contribution >= 4 is 5.97 Å². The Hall–Kier alpha value is -0.570. The molecule has 1 aliphatic rings. The highest BCUT2D eigenvalue weighted by atomic mass is 16.4. The van der Waals surface area contributed by atoms with E-state index in [1.807, 2.05) is 6.92 Å². The molecule has 0 amide bonds. The van der Waals surface area contributed by atoms with Gasteiger partial charge in [-0.3, -0.25) is 4.79 Å². The minimum atomic E-state index is -0.652. The second-order valence-corrected chi connectivity index (χ2v) is 3.82. The summed E-state index contributed by atoms with van der Waals surface area (Å²) >= 11 is 0. The molecule has 3 heteroatoms. The first-order valence-corrected chi connectivity index (χ1v) is 4.59. The maximum atomic E-state index is 10.7. The van der Waals surface area contributed by atoms with Crippen molar-refractivity contribution in [2.24, 2.45) is 17.6 Å². The molecular formula is C9H17NO2. The summed E-state index contributed by atoms with van der Waals surface area (Å²) in [5, 5.41) is 8.80. The van der Waals surface area contributed by atoms with Gasteiger partial charge >= 0.3 is 5.97 Å². The Labute approximate surface area is 72.9 Å². The molecule has 0 saturated heterocycles. The molecule has 0 spiro atoms. The molecule has 0 aromatic heterocycles.